The maximum atomic E-state index is 6.01. The highest BCUT2D eigenvalue weighted by Gasteiger charge is 2.12. The van der Waals surface area contributed by atoms with Crippen molar-refractivity contribution in [3.63, 3.8) is 0 Å². The fraction of sp³-hybridized carbons (Fsp3) is 0.692. The fourth-order valence-corrected chi connectivity index (χ4v) is 1.95. The molecule has 2 aromatic rings. The van der Waals surface area contributed by atoms with Crippen LogP contribution in [0.25, 0.3) is 0 Å². The molecule has 2 N–H and O–H groups in total. The van der Waals surface area contributed by atoms with Crippen LogP contribution < -0.4 is 5.73 Å². The predicted octanol–water partition coefficient (Wildman–Crippen LogP) is 1.71. The second-order valence-electron chi connectivity index (χ2n) is 5.44. The van der Waals surface area contributed by atoms with Crippen LogP contribution in [0.5, 0.6) is 0 Å². The molecule has 7 heteroatoms. The minimum absolute atomic E-state index is 0.0597. The molecule has 0 amide bonds. The van der Waals surface area contributed by atoms with E-state index in [4.69, 9.17) is 10.3 Å². The largest absolute Gasteiger partial charge is 0.339 e. The normalized spacial score (nSPS) is 13.1. The van der Waals surface area contributed by atoms with Crippen LogP contribution >= 0.6 is 0 Å². The van der Waals surface area contributed by atoms with Gasteiger partial charge in [-0.15, -0.1) is 5.10 Å². The molecule has 0 saturated carbocycles. The molecule has 7 nitrogen and oxygen atoms in total. The van der Waals surface area contributed by atoms with Crippen molar-refractivity contribution in [3.8, 4) is 0 Å². The van der Waals surface area contributed by atoms with Crippen molar-refractivity contribution in [1.82, 2.24) is 25.1 Å². The highest BCUT2D eigenvalue weighted by Crippen LogP contribution is 2.12. The highest BCUT2D eigenvalue weighted by atomic mass is 16.5. The Morgan fingerprint density at radius 1 is 1.40 bits per heavy atom. The summed E-state index contributed by atoms with van der Waals surface area (Å²) in [5, 5.41) is 12.1. The van der Waals surface area contributed by atoms with Crippen molar-refractivity contribution in [3.05, 3.63) is 23.6 Å². The van der Waals surface area contributed by atoms with Crippen molar-refractivity contribution in [1.29, 1.82) is 0 Å². The van der Waals surface area contributed by atoms with Gasteiger partial charge >= 0.3 is 0 Å². The number of nitrogens with zero attached hydrogens (tertiary/aromatic N) is 5. The first-order valence-electron chi connectivity index (χ1n) is 7.05. The third-order valence-corrected chi connectivity index (χ3v) is 2.93. The lowest BCUT2D eigenvalue weighted by molar-refractivity contribution is 0.357. The molecule has 2 heterocycles. The van der Waals surface area contributed by atoms with E-state index in [1.54, 1.807) is 4.68 Å². The van der Waals surface area contributed by atoms with Crippen molar-refractivity contribution in [2.45, 2.75) is 52.6 Å². The summed E-state index contributed by atoms with van der Waals surface area (Å²) in [5.41, 5.74) is 6.81. The van der Waals surface area contributed by atoms with Crippen LogP contribution in [0.2, 0.25) is 0 Å². The van der Waals surface area contributed by atoms with Gasteiger partial charge in [-0.2, -0.15) is 4.98 Å². The molecule has 1 unspecified atom stereocenters. The summed E-state index contributed by atoms with van der Waals surface area (Å²) < 4.78 is 6.88. The molecule has 0 aliphatic rings. The Morgan fingerprint density at radius 3 is 2.90 bits per heavy atom. The Labute approximate surface area is 118 Å². The molecule has 0 bridgehead atoms. The van der Waals surface area contributed by atoms with Crippen molar-refractivity contribution < 1.29 is 4.52 Å². The van der Waals surface area contributed by atoms with E-state index in [9.17, 15) is 0 Å². The Bertz CT molecular complexity index is 532. The molecule has 0 saturated heterocycles. The molecule has 110 valence electrons. The molecule has 2 aromatic heterocycles. The summed E-state index contributed by atoms with van der Waals surface area (Å²) in [4.78, 5) is 4.34. The van der Waals surface area contributed by atoms with Crippen LogP contribution in [0.3, 0.4) is 0 Å². The van der Waals surface area contributed by atoms with Gasteiger partial charge in [0, 0.05) is 6.42 Å². The average molecular weight is 278 g/mol. The second-order valence-corrected chi connectivity index (χ2v) is 5.44. The standard InChI is InChI=1S/C13H22N6O/c1-4-5-10(14)11-7-19(18-16-11)8-12-15-13(20-17-12)6-9(2)3/h7,9-10H,4-6,8,14H2,1-3H3. The molecule has 0 aliphatic heterocycles. The maximum Gasteiger partial charge on any atom is 0.226 e. The summed E-state index contributed by atoms with van der Waals surface area (Å²) in [7, 11) is 0. The number of nitrogens with two attached hydrogens (primary N) is 1. The van der Waals surface area contributed by atoms with Gasteiger partial charge in [0.1, 0.15) is 6.54 Å². The van der Waals surface area contributed by atoms with Gasteiger partial charge in [-0.1, -0.05) is 37.6 Å². The Morgan fingerprint density at radius 2 is 2.20 bits per heavy atom. The molecule has 1 atom stereocenters. The lowest BCUT2D eigenvalue weighted by Crippen LogP contribution is -2.10. The number of rotatable bonds is 7. The Balaban J connectivity index is 1.98. The molecular formula is C13H22N6O. The van der Waals surface area contributed by atoms with Crippen LogP contribution in [-0.4, -0.2) is 25.1 Å². The number of aromatic nitrogens is 5. The van der Waals surface area contributed by atoms with Crippen LogP contribution in [-0.2, 0) is 13.0 Å². The number of hydrogen-bond donors (Lipinski definition) is 1. The zero-order valence-corrected chi connectivity index (χ0v) is 12.3. The minimum Gasteiger partial charge on any atom is -0.339 e. The topological polar surface area (TPSA) is 95.7 Å². The van der Waals surface area contributed by atoms with E-state index >= 15 is 0 Å². The maximum absolute atomic E-state index is 6.01. The van der Waals surface area contributed by atoms with Gasteiger partial charge in [0.25, 0.3) is 0 Å². The van der Waals surface area contributed by atoms with E-state index in [-0.39, 0.29) is 6.04 Å². The summed E-state index contributed by atoms with van der Waals surface area (Å²) >= 11 is 0. The van der Waals surface area contributed by atoms with E-state index in [1.807, 2.05) is 6.20 Å². The van der Waals surface area contributed by atoms with Crippen molar-refractivity contribution >= 4 is 0 Å². The Hall–Kier alpha value is -1.76. The van der Waals surface area contributed by atoms with E-state index in [1.165, 1.54) is 0 Å². The van der Waals surface area contributed by atoms with Gasteiger partial charge in [-0.25, -0.2) is 4.68 Å². The van der Waals surface area contributed by atoms with Gasteiger partial charge in [-0.3, -0.25) is 0 Å². The molecule has 0 spiro atoms. The molecular weight excluding hydrogens is 256 g/mol. The smallest absolute Gasteiger partial charge is 0.226 e. The number of hydrogen-bond acceptors (Lipinski definition) is 6. The van der Waals surface area contributed by atoms with E-state index in [0.29, 0.717) is 24.2 Å². The average Bonchev–Trinajstić information content (AvgIpc) is 2.99. The van der Waals surface area contributed by atoms with Crippen LogP contribution in [0.15, 0.2) is 10.7 Å². The first kappa shape index (κ1) is 14.6. The third kappa shape index (κ3) is 3.86. The molecule has 20 heavy (non-hydrogen) atoms. The molecule has 0 fully saturated rings. The quantitative estimate of drug-likeness (QED) is 0.828. The summed E-state index contributed by atoms with van der Waals surface area (Å²) in [5.74, 6) is 1.77. The summed E-state index contributed by atoms with van der Waals surface area (Å²) in [6, 6.07) is -0.0597. The first-order chi connectivity index (χ1) is 9.58. The zero-order valence-electron chi connectivity index (χ0n) is 12.3. The van der Waals surface area contributed by atoms with Crippen molar-refractivity contribution in [2.24, 2.45) is 11.7 Å². The van der Waals surface area contributed by atoms with Gasteiger partial charge in [0.2, 0.25) is 5.89 Å². The molecule has 0 aromatic carbocycles. The summed E-state index contributed by atoms with van der Waals surface area (Å²) in [6.07, 6.45) is 4.56. The van der Waals surface area contributed by atoms with Crippen molar-refractivity contribution in [2.75, 3.05) is 0 Å². The summed E-state index contributed by atoms with van der Waals surface area (Å²) in [6.45, 7) is 6.78. The SMILES string of the molecule is CCCC(N)c1cn(Cc2noc(CC(C)C)n2)nn1. The predicted molar refractivity (Wildman–Crippen MR) is 73.8 cm³/mol. The zero-order chi connectivity index (χ0) is 14.5. The monoisotopic (exact) mass is 278 g/mol. The van der Waals surface area contributed by atoms with E-state index in [0.717, 1.165) is 25.0 Å². The molecule has 0 aliphatic carbocycles. The van der Waals surface area contributed by atoms with Crippen LogP contribution in [0.4, 0.5) is 0 Å². The lowest BCUT2D eigenvalue weighted by Gasteiger charge is -2.04. The third-order valence-electron chi connectivity index (χ3n) is 2.93. The van der Waals surface area contributed by atoms with Gasteiger partial charge in [0.15, 0.2) is 5.82 Å². The van der Waals surface area contributed by atoms with Gasteiger partial charge in [-0.05, 0) is 12.3 Å². The first-order valence-corrected chi connectivity index (χ1v) is 7.05. The minimum atomic E-state index is -0.0597. The van der Waals surface area contributed by atoms with Gasteiger partial charge in [0.05, 0.1) is 17.9 Å². The Kier molecular flexibility index (Phi) is 4.84. The molecule has 0 radical (unpaired) electrons. The molecule has 2 rings (SSSR count). The van der Waals surface area contributed by atoms with E-state index < -0.39 is 0 Å². The fourth-order valence-electron chi connectivity index (χ4n) is 1.95. The van der Waals surface area contributed by atoms with Crippen LogP contribution in [0.1, 0.15) is 57.1 Å². The second kappa shape index (κ2) is 6.60. The van der Waals surface area contributed by atoms with E-state index in [2.05, 4.69) is 41.2 Å². The van der Waals surface area contributed by atoms with Crippen LogP contribution in [0, 0.1) is 5.92 Å². The van der Waals surface area contributed by atoms with Gasteiger partial charge < -0.3 is 10.3 Å². The lowest BCUT2D eigenvalue weighted by atomic mass is 10.1. The highest BCUT2D eigenvalue weighted by molar-refractivity contribution is 5.00.